The first kappa shape index (κ1) is 16.9. The topological polar surface area (TPSA) is 76.0 Å². The lowest BCUT2D eigenvalue weighted by atomic mass is 10.1. The maximum Gasteiger partial charge on any atom is 0.249 e. The van der Waals surface area contributed by atoms with Crippen molar-refractivity contribution in [2.75, 3.05) is 10.6 Å². The monoisotopic (exact) mass is 368 g/mol. The van der Waals surface area contributed by atoms with Gasteiger partial charge in [0.1, 0.15) is 23.5 Å². The molecule has 4 rings (SSSR count). The van der Waals surface area contributed by atoms with Crippen molar-refractivity contribution in [3.63, 3.8) is 0 Å². The summed E-state index contributed by atoms with van der Waals surface area (Å²) in [5.41, 5.74) is 1.67. The maximum absolute atomic E-state index is 13.2. The number of benzene rings is 2. The molecule has 2 aromatic carbocycles. The molecular weight excluding hydrogens is 354 g/mol. The summed E-state index contributed by atoms with van der Waals surface area (Å²) in [5.74, 6) is -1.18. The quantitative estimate of drug-likeness (QED) is 0.744. The smallest absolute Gasteiger partial charge is 0.249 e. The van der Waals surface area contributed by atoms with E-state index in [1.165, 1.54) is 47.3 Å². The van der Waals surface area contributed by atoms with Gasteiger partial charge in [0.25, 0.3) is 0 Å². The van der Waals surface area contributed by atoms with Crippen LogP contribution in [0.4, 0.5) is 20.3 Å². The molecule has 1 aliphatic rings. The lowest BCUT2D eigenvalue weighted by Gasteiger charge is -2.24. The number of nitrogens with one attached hydrogen (secondary N) is 2. The molecule has 0 aliphatic carbocycles. The highest BCUT2D eigenvalue weighted by Gasteiger charge is 2.33. The molecule has 0 fully saturated rings. The van der Waals surface area contributed by atoms with Gasteiger partial charge >= 0.3 is 0 Å². The Morgan fingerprint density at radius 1 is 1.07 bits per heavy atom. The molecule has 2 heterocycles. The van der Waals surface area contributed by atoms with E-state index in [-0.39, 0.29) is 18.1 Å². The third-order valence-electron chi connectivity index (χ3n) is 4.30. The Morgan fingerprint density at radius 3 is 2.37 bits per heavy atom. The van der Waals surface area contributed by atoms with E-state index >= 15 is 0 Å². The molecule has 136 valence electrons. The summed E-state index contributed by atoms with van der Waals surface area (Å²) < 4.78 is 27.6. The van der Waals surface area contributed by atoms with E-state index < -0.39 is 17.8 Å². The number of anilines is 2. The second kappa shape index (κ2) is 6.64. The van der Waals surface area contributed by atoms with Gasteiger partial charge in [0, 0.05) is 11.3 Å². The van der Waals surface area contributed by atoms with Gasteiger partial charge < -0.3 is 10.6 Å². The van der Waals surface area contributed by atoms with Crippen LogP contribution in [0.15, 0.2) is 54.7 Å². The minimum Gasteiger partial charge on any atom is -0.324 e. The summed E-state index contributed by atoms with van der Waals surface area (Å²) in [6.45, 7) is 0. The van der Waals surface area contributed by atoms with Gasteiger partial charge in [0.2, 0.25) is 11.8 Å². The molecule has 1 atom stereocenters. The molecule has 8 heteroatoms. The lowest BCUT2D eigenvalue weighted by molar-refractivity contribution is -0.125. The summed E-state index contributed by atoms with van der Waals surface area (Å²) in [6.07, 6.45) is 1.44. The minimum absolute atomic E-state index is 0.0788. The zero-order chi connectivity index (χ0) is 19.0. The zero-order valence-corrected chi connectivity index (χ0v) is 13.9. The van der Waals surface area contributed by atoms with Crippen LogP contribution < -0.4 is 10.6 Å². The van der Waals surface area contributed by atoms with Crippen LogP contribution >= 0.6 is 0 Å². The molecule has 0 bridgehead atoms. The van der Waals surface area contributed by atoms with E-state index in [1.54, 1.807) is 12.1 Å². The molecule has 0 unspecified atom stereocenters. The Bertz CT molecular complexity index is 1010. The molecule has 3 aromatic rings. The van der Waals surface area contributed by atoms with Crippen molar-refractivity contribution in [3.8, 4) is 11.1 Å². The Balaban J connectivity index is 1.65. The van der Waals surface area contributed by atoms with Crippen LogP contribution in [0.3, 0.4) is 0 Å². The number of rotatable bonds is 3. The van der Waals surface area contributed by atoms with Gasteiger partial charge in [-0.2, -0.15) is 5.10 Å². The Kier molecular flexibility index (Phi) is 4.15. The Morgan fingerprint density at radius 2 is 1.70 bits per heavy atom. The van der Waals surface area contributed by atoms with Gasteiger partial charge in [-0.05, 0) is 42.0 Å². The highest BCUT2D eigenvalue weighted by molar-refractivity contribution is 6.03. The van der Waals surface area contributed by atoms with Gasteiger partial charge in [-0.15, -0.1) is 0 Å². The van der Waals surface area contributed by atoms with Crippen molar-refractivity contribution in [2.24, 2.45) is 0 Å². The zero-order valence-electron chi connectivity index (χ0n) is 13.9. The van der Waals surface area contributed by atoms with Crippen LogP contribution in [-0.4, -0.2) is 21.6 Å². The number of carbonyl (C=O) groups excluding carboxylic acids is 2. The molecular formula is C19H14F2N4O2. The summed E-state index contributed by atoms with van der Waals surface area (Å²) in [6, 6.07) is 10.2. The summed E-state index contributed by atoms with van der Waals surface area (Å²) in [5, 5.41) is 9.61. The van der Waals surface area contributed by atoms with Gasteiger partial charge in [0.15, 0.2) is 0 Å². The fourth-order valence-corrected chi connectivity index (χ4v) is 2.97. The van der Waals surface area contributed by atoms with Crippen LogP contribution in [0, 0.1) is 11.6 Å². The minimum atomic E-state index is -0.854. The predicted molar refractivity (Wildman–Crippen MR) is 94.9 cm³/mol. The number of nitrogens with zero attached hydrogens (tertiary/aromatic N) is 2. The second-order valence-electron chi connectivity index (χ2n) is 6.12. The molecule has 2 N–H and O–H groups in total. The van der Waals surface area contributed by atoms with E-state index in [2.05, 4.69) is 15.7 Å². The molecule has 0 spiro atoms. The van der Waals surface area contributed by atoms with Crippen molar-refractivity contribution in [1.82, 2.24) is 9.78 Å². The molecule has 0 radical (unpaired) electrons. The number of amides is 2. The highest BCUT2D eigenvalue weighted by Crippen LogP contribution is 2.34. The van der Waals surface area contributed by atoms with Gasteiger partial charge in [-0.1, -0.05) is 12.1 Å². The van der Waals surface area contributed by atoms with E-state index in [0.29, 0.717) is 22.6 Å². The van der Waals surface area contributed by atoms with Crippen molar-refractivity contribution >= 4 is 23.3 Å². The molecule has 1 aromatic heterocycles. The largest absolute Gasteiger partial charge is 0.324 e. The van der Waals surface area contributed by atoms with Crippen molar-refractivity contribution in [3.05, 3.63) is 66.4 Å². The van der Waals surface area contributed by atoms with Crippen LogP contribution in [-0.2, 0) is 9.59 Å². The van der Waals surface area contributed by atoms with Gasteiger partial charge in [-0.3, -0.25) is 9.59 Å². The number of halogens is 2. The van der Waals surface area contributed by atoms with E-state index in [1.807, 2.05) is 0 Å². The normalized spacial score (nSPS) is 15.8. The second-order valence-corrected chi connectivity index (χ2v) is 6.12. The first-order chi connectivity index (χ1) is 13.0. The fraction of sp³-hybridized carbons (Fsp3) is 0.105. The number of fused-ring (bicyclic) bond motifs is 1. The van der Waals surface area contributed by atoms with Crippen molar-refractivity contribution in [2.45, 2.75) is 12.5 Å². The first-order valence-corrected chi connectivity index (χ1v) is 8.21. The SMILES string of the molecule is O=C1C[C@H](C(=O)Nc2ccc(F)cc2)n2ncc(-c3ccc(F)cc3)c2N1. The Labute approximate surface area is 152 Å². The van der Waals surface area contributed by atoms with Crippen molar-refractivity contribution < 1.29 is 18.4 Å². The average Bonchev–Trinajstić information content (AvgIpc) is 3.07. The molecule has 1 aliphatic heterocycles. The summed E-state index contributed by atoms with van der Waals surface area (Å²) in [7, 11) is 0. The molecule has 27 heavy (non-hydrogen) atoms. The summed E-state index contributed by atoms with van der Waals surface area (Å²) in [4.78, 5) is 24.8. The van der Waals surface area contributed by atoms with Crippen LogP contribution in [0.5, 0.6) is 0 Å². The fourth-order valence-electron chi connectivity index (χ4n) is 2.97. The van der Waals surface area contributed by atoms with E-state index in [0.717, 1.165) is 0 Å². The predicted octanol–water partition coefficient (Wildman–Crippen LogP) is 3.35. The van der Waals surface area contributed by atoms with E-state index in [9.17, 15) is 18.4 Å². The van der Waals surface area contributed by atoms with Gasteiger partial charge in [0.05, 0.1) is 12.6 Å². The summed E-state index contributed by atoms with van der Waals surface area (Å²) >= 11 is 0. The van der Waals surface area contributed by atoms with Crippen LogP contribution in [0.25, 0.3) is 11.1 Å². The van der Waals surface area contributed by atoms with Gasteiger partial charge in [-0.25, -0.2) is 13.5 Å². The van der Waals surface area contributed by atoms with E-state index in [4.69, 9.17) is 0 Å². The first-order valence-electron chi connectivity index (χ1n) is 8.21. The van der Waals surface area contributed by atoms with Crippen molar-refractivity contribution in [1.29, 1.82) is 0 Å². The van der Waals surface area contributed by atoms with Crippen LogP contribution in [0.2, 0.25) is 0 Å². The third kappa shape index (κ3) is 3.29. The average molecular weight is 368 g/mol. The number of hydrogen-bond donors (Lipinski definition) is 2. The third-order valence-corrected chi connectivity index (χ3v) is 4.30. The molecule has 0 saturated carbocycles. The van der Waals surface area contributed by atoms with Crippen LogP contribution in [0.1, 0.15) is 12.5 Å². The maximum atomic E-state index is 13.2. The lowest BCUT2D eigenvalue weighted by Crippen LogP contribution is -2.35. The number of carbonyl (C=O) groups is 2. The standard InChI is InChI=1S/C19H14F2N4O2/c20-12-3-1-11(2-4-12)15-10-22-25-16(9-17(26)24-18(15)25)19(27)23-14-7-5-13(21)6-8-14/h1-8,10,16H,9H2,(H,23,27)(H,24,26)/t16-/m1/s1. The molecule has 2 amide bonds. The highest BCUT2D eigenvalue weighted by atomic mass is 19.1. The Hall–Kier alpha value is -3.55. The molecule has 0 saturated heterocycles. The number of aromatic nitrogens is 2. The molecule has 6 nitrogen and oxygen atoms in total. The number of hydrogen-bond acceptors (Lipinski definition) is 3.